The highest BCUT2D eigenvalue weighted by atomic mass is 31.2. The normalized spacial score (nSPS) is 13.9. The van der Waals surface area contributed by atoms with E-state index in [0.29, 0.717) is 12.8 Å². The van der Waals surface area contributed by atoms with Crippen LogP contribution in [0.25, 0.3) is 0 Å². The summed E-state index contributed by atoms with van der Waals surface area (Å²) in [7, 11) is -4.32. The lowest BCUT2D eigenvalue weighted by molar-refractivity contribution is -0.153. The molecule has 0 rings (SSSR count). The average Bonchev–Trinajstić information content (AvgIpc) is 3.11. The summed E-state index contributed by atoms with van der Waals surface area (Å²) in [6.07, 6.45) is 40.3. The van der Waals surface area contributed by atoms with Gasteiger partial charge >= 0.3 is 13.8 Å². The van der Waals surface area contributed by atoms with Gasteiger partial charge in [-0.2, -0.15) is 0 Å². The first-order valence-corrected chi connectivity index (χ1v) is 21.6. The Bertz CT molecular complexity index is 981. The minimum absolute atomic E-state index is 0.0105. The molecule has 0 fully saturated rings. The van der Waals surface area contributed by atoms with Crippen molar-refractivity contribution in [1.29, 1.82) is 0 Å². The summed E-state index contributed by atoms with van der Waals surface area (Å²) in [5.41, 5.74) is 5.34. The first-order valence-electron chi connectivity index (χ1n) is 20.1. The number of phosphoric ester groups is 1. The zero-order chi connectivity index (χ0) is 37.5. The van der Waals surface area contributed by atoms with Gasteiger partial charge in [0.1, 0.15) is 6.61 Å². The van der Waals surface area contributed by atoms with E-state index in [1.165, 1.54) is 89.9 Å². The minimum atomic E-state index is -4.32. The molecule has 0 aliphatic carbocycles. The molecule has 296 valence electrons. The van der Waals surface area contributed by atoms with Gasteiger partial charge in [-0.25, -0.2) is 4.57 Å². The topological polar surface area (TPSA) is 134 Å². The average molecular weight is 740 g/mol. The van der Waals surface area contributed by atoms with Gasteiger partial charge < -0.3 is 20.1 Å². The highest BCUT2D eigenvalue weighted by Gasteiger charge is 2.25. The van der Waals surface area contributed by atoms with Crippen LogP contribution in [-0.2, 0) is 32.7 Å². The van der Waals surface area contributed by atoms with Crippen LogP contribution in [0.5, 0.6) is 0 Å². The predicted octanol–water partition coefficient (Wildman–Crippen LogP) is 11.2. The highest BCUT2D eigenvalue weighted by molar-refractivity contribution is 7.47. The maximum absolute atomic E-state index is 12.5. The number of rotatable bonds is 38. The molecule has 0 aliphatic rings. The van der Waals surface area contributed by atoms with Gasteiger partial charge in [0.25, 0.3) is 0 Å². The SMILES string of the molecule is CCCCC/C=C\C=C\C(=O)CCCCCCCC(=O)O[C@H](CO/C=C/CCCCCCCC/C=C\CCCCCC)COP(=O)(O)OCCN. The molecule has 0 aromatic carbocycles. The summed E-state index contributed by atoms with van der Waals surface area (Å²) in [4.78, 5) is 34.4. The summed E-state index contributed by atoms with van der Waals surface area (Å²) < 4.78 is 33.0. The Kier molecular flexibility index (Phi) is 36.2. The van der Waals surface area contributed by atoms with E-state index in [4.69, 9.17) is 24.3 Å². The smallest absolute Gasteiger partial charge is 0.472 e. The number of nitrogens with two attached hydrogens (primary N) is 1. The van der Waals surface area contributed by atoms with Crippen LogP contribution < -0.4 is 5.73 Å². The van der Waals surface area contributed by atoms with Gasteiger partial charge in [0.15, 0.2) is 11.9 Å². The van der Waals surface area contributed by atoms with Crippen molar-refractivity contribution in [2.45, 2.75) is 174 Å². The number of carbonyl (C=O) groups excluding carboxylic acids is 2. The first kappa shape index (κ1) is 49.0. The first-order chi connectivity index (χ1) is 24.8. The van der Waals surface area contributed by atoms with E-state index in [1.807, 2.05) is 18.2 Å². The summed E-state index contributed by atoms with van der Waals surface area (Å²) in [6.45, 7) is 4.02. The molecule has 0 aliphatic heterocycles. The molecule has 0 aromatic rings. The van der Waals surface area contributed by atoms with E-state index in [9.17, 15) is 19.0 Å². The Morgan fingerprint density at radius 1 is 0.647 bits per heavy atom. The molecule has 0 spiro atoms. The molecule has 0 amide bonds. The fourth-order valence-electron chi connectivity index (χ4n) is 5.23. The van der Waals surface area contributed by atoms with Crippen LogP contribution in [0.3, 0.4) is 0 Å². The molecule has 2 atom stereocenters. The van der Waals surface area contributed by atoms with Crippen molar-refractivity contribution < 1.29 is 37.6 Å². The molecule has 10 heteroatoms. The number of ether oxygens (including phenoxy) is 2. The quantitative estimate of drug-likeness (QED) is 0.0121. The molecular formula is C41H74NO8P. The van der Waals surface area contributed by atoms with Crippen molar-refractivity contribution in [1.82, 2.24) is 0 Å². The highest BCUT2D eigenvalue weighted by Crippen LogP contribution is 2.43. The lowest BCUT2D eigenvalue weighted by atomic mass is 10.1. The van der Waals surface area contributed by atoms with E-state index in [1.54, 1.807) is 12.3 Å². The number of hydrogen-bond acceptors (Lipinski definition) is 8. The van der Waals surface area contributed by atoms with Gasteiger partial charge in [0.2, 0.25) is 0 Å². The molecule has 3 N–H and O–H groups in total. The lowest BCUT2D eigenvalue weighted by Gasteiger charge is -2.19. The second-order valence-corrected chi connectivity index (χ2v) is 14.7. The Labute approximate surface area is 311 Å². The lowest BCUT2D eigenvalue weighted by Crippen LogP contribution is -2.27. The number of carbonyl (C=O) groups is 2. The number of hydrogen-bond donors (Lipinski definition) is 2. The summed E-state index contributed by atoms with van der Waals surface area (Å²) in [6, 6.07) is 0. The summed E-state index contributed by atoms with van der Waals surface area (Å²) in [5, 5.41) is 0. The monoisotopic (exact) mass is 740 g/mol. The van der Waals surface area contributed by atoms with Gasteiger partial charge in [0, 0.05) is 19.4 Å². The summed E-state index contributed by atoms with van der Waals surface area (Å²) in [5.74, 6) is -0.288. The van der Waals surface area contributed by atoms with Gasteiger partial charge in [-0.05, 0) is 76.4 Å². The van der Waals surface area contributed by atoms with Crippen molar-refractivity contribution in [3.63, 3.8) is 0 Å². The molecular weight excluding hydrogens is 665 g/mol. The molecule has 0 bridgehead atoms. The van der Waals surface area contributed by atoms with Crippen molar-refractivity contribution in [3.05, 3.63) is 48.8 Å². The second-order valence-electron chi connectivity index (χ2n) is 13.2. The van der Waals surface area contributed by atoms with Crippen LogP contribution in [0.2, 0.25) is 0 Å². The Morgan fingerprint density at radius 3 is 1.82 bits per heavy atom. The van der Waals surface area contributed by atoms with Crippen molar-refractivity contribution >= 4 is 19.6 Å². The van der Waals surface area contributed by atoms with E-state index in [0.717, 1.165) is 44.9 Å². The number of phosphoric acid groups is 1. The minimum Gasteiger partial charge on any atom is -0.498 e. The molecule has 9 nitrogen and oxygen atoms in total. The molecule has 51 heavy (non-hydrogen) atoms. The zero-order valence-corrected chi connectivity index (χ0v) is 33.2. The Hall–Kier alpha value is -2.03. The molecule has 0 saturated heterocycles. The standard InChI is InChI=1S/C41H74NO8P/c1-3-5-7-9-11-12-13-14-15-16-17-18-19-21-26-30-35-47-37-40(38-49-51(45,46)48-36-34-42)50-41(44)33-29-25-22-24-28-32-39(43)31-27-23-20-10-8-6-4-2/h12-13,20,23,27,30-31,35,40H,3-11,14-19,21-22,24-26,28-29,32-34,36-38,42H2,1-2H3,(H,45,46)/b13-12-,23-20-,31-27+,35-30+/t40-/m1/s1. The number of unbranched alkanes of at least 4 members (excludes halogenated alkanes) is 18. The Balaban J connectivity index is 4.23. The van der Waals surface area contributed by atoms with Crippen LogP contribution >= 0.6 is 7.82 Å². The van der Waals surface area contributed by atoms with Crippen LogP contribution in [0.1, 0.15) is 168 Å². The number of allylic oxidation sites excluding steroid dienone is 7. The molecule has 0 radical (unpaired) electrons. The molecule has 1 unspecified atom stereocenters. The third kappa shape index (κ3) is 37.5. The molecule has 0 heterocycles. The zero-order valence-electron chi connectivity index (χ0n) is 32.3. The van der Waals surface area contributed by atoms with Crippen molar-refractivity contribution in [2.75, 3.05) is 26.4 Å². The third-order valence-electron chi connectivity index (χ3n) is 8.26. The van der Waals surface area contributed by atoms with Crippen molar-refractivity contribution in [2.24, 2.45) is 5.73 Å². The number of esters is 1. The van der Waals surface area contributed by atoms with E-state index in [2.05, 4.69) is 32.1 Å². The van der Waals surface area contributed by atoms with Crippen LogP contribution in [0.4, 0.5) is 0 Å². The molecule has 0 aromatic heterocycles. The fourth-order valence-corrected chi connectivity index (χ4v) is 6.00. The van der Waals surface area contributed by atoms with E-state index in [-0.39, 0.29) is 38.6 Å². The van der Waals surface area contributed by atoms with Gasteiger partial charge in [-0.1, -0.05) is 121 Å². The van der Waals surface area contributed by atoms with Gasteiger partial charge in [-0.3, -0.25) is 18.6 Å². The third-order valence-corrected chi connectivity index (χ3v) is 9.24. The largest absolute Gasteiger partial charge is 0.498 e. The van der Waals surface area contributed by atoms with E-state index >= 15 is 0 Å². The molecule has 0 saturated carbocycles. The van der Waals surface area contributed by atoms with Gasteiger partial charge in [0.05, 0.1) is 19.5 Å². The number of ketones is 1. The van der Waals surface area contributed by atoms with Gasteiger partial charge in [-0.15, -0.1) is 0 Å². The maximum atomic E-state index is 12.5. The fraction of sp³-hybridized carbons (Fsp3) is 0.756. The maximum Gasteiger partial charge on any atom is 0.472 e. The Morgan fingerprint density at radius 2 is 1.18 bits per heavy atom. The van der Waals surface area contributed by atoms with Crippen molar-refractivity contribution in [3.8, 4) is 0 Å². The van der Waals surface area contributed by atoms with Crippen LogP contribution in [0, 0.1) is 0 Å². The van der Waals surface area contributed by atoms with E-state index < -0.39 is 19.9 Å². The summed E-state index contributed by atoms with van der Waals surface area (Å²) >= 11 is 0. The van der Waals surface area contributed by atoms with Crippen LogP contribution in [-0.4, -0.2) is 49.1 Å². The predicted molar refractivity (Wildman–Crippen MR) is 210 cm³/mol. The van der Waals surface area contributed by atoms with Crippen LogP contribution in [0.15, 0.2) is 48.8 Å². The second kappa shape index (κ2) is 37.7.